The van der Waals surface area contributed by atoms with E-state index in [-0.39, 0.29) is 0 Å². The minimum absolute atomic E-state index is 0.383. The van der Waals surface area contributed by atoms with Gasteiger partial charge in [-0.1, -0.05) is 31.4 Å². The number of anilines is 1. The normalized spacial score (nSPS) is 11.1. The smallest absolute Gasteiger partial charge is 0.158 e. The lowest BCUT2D eigenvalue weighted by molar-refractivity contribution is 0.178. The highest BCUT2D eigenvalue weighted by molar-refractivity contribution is 6.29. The van der Waals surface area contributed by atoms with E-state index in [1.807, 2.05) is 6.07 Å². The molecule has 1 aromatic rings. The summed E-state index contributed by atoms with van der Waals surface area (Å²) in [6.07, 6.45) is 3.61. The Bertz CT molecular complexity index is 385. The Labute approximate surface area is 121 Å². The molecule has 1 heterocycles. The monoisotopic (exact) mass is 285 g/mol. The topological polar surface area (TPSA) is 38.2 Å². The second kappa shape index (κ2) is 8.33. The molecule has 19 heavy (non-hydrogen) atoms. The molecule has 0 saturated carbocycles. The maximum Gasteiger partial charge on any atom is 0.158 e. The zero-order valence-electron chi connectivity index (χ0n) is 12.3. The Morgan fingerprint density at radius 1 is 1.32 bits per heavy atom. The molecule has 0 aliphatic rings. The van der Waals surface area contributed by atoms with Crippen LogP contribution in [0.3, 0.4) is 0 Å². The van der Waals surface area contributed by atoms with Gasteiger partial charge in [-0.15, -0.1) is 0 Å². The van der Waals surface area contributed by atoms with Crippen LogP contribution in [0.5, 0.6) is 0 Å². The Morgan fingerprint density at radius 3 is 2.63 bits per heavy atom. The number of unbranched alkanes of at least 4 members (excludes halogenated alkanes) is 2. The summed E-state index contributed by atoms with van der Waals surface area (Å²) >= 11 is 6.06. The van der Waals surface area contributed by atoms with Crippen molar-refractivity contribution in [2.24, 2.45) is 0 Å². The van der Waals surface area contributed by atoms with E-state index in [1.165, 1.54) is 12.8 Å². The zero-order chi connectivity index (χ0) is 14.3. The van der Waals surface area contributed by atoms with Crippen LogP contribution in [0.25, 0.3) is 0 Å². The van der Waals surface area contributed by atoms with Gasteiger partial charge < -0.3 is 9.64 Å². The van der Waals surface area contributed by atoms with E-state index < -0.39 is 0 Å². The van der Waals surface area contributed by atoms with E-state index in [0.717, 1.165) is 18.8 Å². The van der Waals surface area contributed by atoms with Crippen molar-refractivity contribution < 1.29 is 4.74 Å². The second-order valence-electron chi connectivity index (χ2n) is 4.89. The molecule has 0 amide bonds. The first-order valence-electron chi connectivity index (χ1n) is 6.87. The van der Waals surface area contributed by atoms with E-state index in [9.17, 15) is 0 Å². The Hall–Kier alpha value is -0.870. The van der Waals surface area contributed by atoms with Gasteiger partial charge in [0, 0.05) is 25.8 Å². The third kappa shape index (κ3) is 5.33. The van der Waals surface area contributed by atoms with Crippen molar-refractivity contribution in [1.29, 1.82) is 0 Å². The minimum Gasteiger partial charge on any atom is -0.377 e. The highest BCUT2D eigenvalue weighted by atomic mass is 35.5. The van der Waals surface area contributed by atoms with E-state index >= 15 is 0 Å². The fourth-order valence-corrected chi connectivity index (χ4v) is 2.16. The Balaban J connectivity index is 2.88. The van der Waals surface area contributed by atoms with Crippen LogP contribution in [0, 0.1) is 0 Å². The van der Waals surface area contributed by atoms with Crippen molar-refractivity contribution in [3.63, 3.8) is 0 Å². The van der Waals surface area contributed by atoms with E-state index in [0.29, 0.717) is 23.6 Å². The Morgan fingerprint density at radius 2 is 2.05 bits per heavy atom. The van der Waals surface area contributed by atoms with Crippen molar-refractivity contribution in [3.05, 3.63) is 17.0 Å². The van der Waals surface area contributed by atoms with Crippen LogP contribution in [0.4, 0.5) is 5.82 Å². The van der Waals surface area contributed by atoms with Crippen molar-refractivity contribution >= 4 is 17.4 Å². The van der Waals surface area contributed by atoms with Crippen LogP contribution in [-0.2, 0) is 11.3 Å². The average molecular weight is 286 g/mol. The van der Waals surface area contributed by atoms with Crippen LogP contribution in [0.15, 0.2) is 6.07 Å². The SMILES string of the molecule is CCCCCN(c1cc(Cl)nc(COC)n1)C(C)C. The van der Waals surface area contributed by atoms with Crippen molar-refractivity contribution in [1.82, 2.24) is 9.97 Å². The molecule has 1 aromatic heterocycles. The van der Waals surface area contributed by atoms with Crippen molar-refractivity contribution in [3.8, 4) is 0 Å². The quantitative estimate of drug-likeness (QED) is 0.539. The molecule has 0 aromatic carbocycles. The molecule has 108 valence electrons. The van der Waals surface area contributed by atoms with Crippen molar-refractivity contribution in [2.75, 3.05) is 18.6 Å². The standard InChI is InChI=1S/C14H24ClN3O/c1-5-6-7-8-18(11(2)3)14-9-12(15)16-13(17-14)10-19-4/h9,11H,5-8,10H2,1-4H3. The summed E-state index contributed by atoms with van der Waals surface area (Å²) in [7, 11) is 1.63. The highest BCUT2D eigenvalue weighted by Crippen LogP contribution is 2.19. The van der Waals surface area contributed by atoms with Crippen molar-refractivity contribution in [2.45, 2.75) is 52.7 Å². The molecule has 0 radical (unpaired) electrons. The van der Waals surface area contributed by atoms with Gasteiger partial charge in [-0.05, 0) is 20.3 Å². The minimum atomic E-state index is 0.383. The molecule has 0 aliphatic heterocycles. The first kappa shape index (κ1) is 16.2. The molecular formula is C14H24ClN3O. The van der Waals surface area contributed by atoms with Crippen LogP contribution >= 0.6 is 11.6 Å². The van der Waals surface area contributed by atoms with E-state index in [4.69, 9.17) is 16.3 Å². The van der Waals surface area contributed by atoms with Gasteiger partial charge in [0.05, 0.1) is 0 Å². The van der Waals surface area contributed by atoms with Gasteiger partial charge >= 0.3 is 0 Å². The predicted octanol–water partition coefficient (Wildman–Crippen LogP) is 3.68. The highest BCUT2D eigenvalue weighted by Gasteiger charge is 2.14. The molecule has 0 spiro atoms. The zero-order valence-corrected chi connectivity index (χ0v) is 13.1. The molecule has 0 unspecified atom stereocenters. The number of halogens is 1. The summed E-state index contributed by atoms with van der Waals surface area (Å²) in [6.45, 7) is 7.91. The number of nitrogens with zero attached hydrogens (tertiary/aromatic N) is 3. The molecule has 0 saturated heterocycles. The lowest BCUT2D eigenvalue weighted by Gasteiger charge is -2.28. The Kier molecular flexibility index (Phi) is 7.10. The second-order valence-corrected chi connectivity index (χ2v) is 5.28. The van der Waals surface area contributed by atoms with Gasteiger partial charge in [-0.25, -0.2) is 9.97 Å². The van der Waals surface area contributed by atoms with Gasteiger partial charge in [-0.2, -0.15) is 0 Å². The number of rotatable bonds is 8. The van der Waals surface area contributed by atoms with E-state index in [1.54, 1.807) is 7.11 Å². The summed E-state index contributed by atoms with van der Waals surface area (Å²) in [6, 6.07) is 2.21. The first-order valence-corrected chi connectivity index (χ1v) is 7.25. The number of hydrogen-bond donors (Lipinski definition) is 0. The molecule has 0 aliphatic carbocycles. The summed E-state index contributed by atoms with van der Waals surface area (Å²) < 4.78 is 5.07. The lowest BCUT2D eigenvalue weighted by Crippen LogP contribution is -2.32. The number of ether oxygens (including phenoxy) is 1. The fourth-order valence-electron chi connectivity index (χ4n) is 1.96. The van der Waals surface area contributed by atoms with Crippen LogP contribution in [0.1, 0.15) is 45.9 Å². The molecule has 1 rings (SSSR count). The number of hydrogen-bond acceptors (Lipinski definition) is 4. The van der Waals surface area contributed by atoms with Gasteiger partial charge in [0.15, 0.2) is 5.82 Å². The molecule has 0 atom stereocenters. The van der Waals surface area contributed by atoms with E-state index in [2.05, 4.69) is 35.6 Å². The van der Waals surface area contributed by atoms with Gasteiger partial charge in [0.2, 0.25) is 0 Å². The summed E-state index contributed by atoms with van der Waals surface area (Å²) in [5.74, 6) is 1.52. The third-order valence-electron chi connectivity index (χ3n) is 2.92. The van der Waals surface area contributed by atoms with Crippen LogP contribution in [-0.4, -0.2) is 29.7 Å². The summed E-state index contributed by atoms with van der Waals surface area (Å²) in [5.41, 5.74) is 0. The largest absolute Gasteiger partial charge is 0.377 e. The van der Waals surface area contributed by atoms with Crippen LogP contribution in [0.2, 0.25) is 5.15 Å². The fraction of sp³-hybridized carbons (Fsp3) is 0.714. The molecule has 0 N–H and O–H groups in total. The molecule has 0 fully saturated rings. The van der Waals surface area contributed by atoms with Gasteiger partial charge in [-0.3, -0.25) is 0 Å². The molecular weight excluding hydrogens is 262 g/mol. The van der Waals surface area contributed by atoms with Gasteiger partial charge in [0.25, 0.3) is 0 Å². The number of aromatic nitrogens is 2. The lowest BCUT2D eigenvalue weighted by atomic mass is 10.2. The molecule has 5 heteroatoms. The number of methoxy groups -OCH3 is 1. The van der Waals surface area contributed by atoms with Gasteiger partial charge in [0.1, 0.15) is 17.6 Å². The summed E-state index contributed by atoms with van der Waals surface area (Å²) in [4.78, 5) is 11.0. The summed E-state index contributed by atoms with van der Waals surface area (Å²) in [5, 5.41) is 0.471. The third-order valence-corrected chi connectivity index (χ3v) is 3.11. The predicted molar refractivity (Wildman–Crippen MR) is 79.8 cm³/mol. The maximum absolute atomic E-state index is 6.06. The maximum atomic E-state index is 6.06. The molecule has 4 nitrogen and oxygen atoms in total. The van der Waals surface area contributed by atoms with Crippen LogP contribution < -0.4 is 4.90 Å². The average Bonchev–Trinajstić information content (AvgIpc) is 2.33. The molecule has 0 bridgehead atoms. The first-order chi connectivity index (χ1) is 9.08.